The van der Waals surface area contributed by atoms with Crippen molar-refractivity contribution in [2.24, 2.45) is 17.6 Å². The molecule has 0 aliphatic rings. The van der Waals surface area contributed by atoms with Crippen molar-refractivity contribution in [1.29, 1.82) is 0 Å². The van der Waals surface area contributed by atoms with Gasteiger partial charge in [0.25, 0.3) is 0 Å². The molecule has 2 atom stereocenters. The van der Waals surface area contributed by atoms with E-state index in [9.17, 15) is 0 Å². The van der Waals surface area contributed by atoms with E-state index in [2.05, 4.69) is 19.9 Å². The van der Waals surface area contributed by atoms with E-state index >= 15 is 0 Å². The lowest BCUT2D eigenvalue weighted by atomic mass is 9.86. The van der Waals surface area contributed by atoms with Crippen molar-refractivity contribution in [2.75, 3.05) is 6.54 Å². The van der Waals surface area contributed by atoms with Gasteiger partial charge in [0.1, 0.15) is 0 Å². The largest absolute Gasteiger partial charge is 0.330 e. The molecule has 2 heteroatoms. The summed E-state index contributed by atoms with van der Waals surface area (Å²) in [5.74, 6) is 1.24. The van der Waals surface area contributed by atoms with Gasteiger partial charge < -0.3 is 5.73 Å². The highest BCUT2D eigenvalue weighted by atomic mass is 35.5. The Bertz CT molecular complexity index is 298. The van der Waals surface area contributed by atoms with Crippen LogP contribution in [0.2, 0.25) is 5.02 Å². The highest BCUT2D eigenvalue weighted by molar-refractivity contribution is 6.30. The molecule has 0 aliphatic carbocycles. The first-order valence-corrected chi connectivity index (χ1v) is 5.99. The topological polar surface area (TPSA) is 26.0 Å². The molecule has 84 valence electrons. The molecular weight excluding hydrogens is 206 g/mol. The molecule has 0 saturated heterocycles. The molecule has 0 spiro atoms. The first-order valence-electron chi connectivity index (χ1n) is 5.61. The zero-order chi connectivity index (χ0) is 11.3. The Morgan fingerprint density at radius 3 is 2.67 bits per heavy atom. The second kappa shape index (κ2) is 6.14. The number of nitrogens with two attached hydrogens (primary N) is 1. The van der Waals surface area contributed by atoms with Crippen molar-refractivity contribution >= 4 is 11.6 Å². The second-order valence-corrected chi connectivity index (χ2v) is 4.65. The number of hydrogen-bond donors (Lipinski definition) is 1. The third-order valence-corrected chi connectivity index (χ3v) is 3.37. The van der Waals surface area contributed by atoms with Crippen molar-refractivity contribution in [1.82, 2.24) is 0 Å². The highest BCUT2D eigenvalue weighted by Gasteiger charge is 2.14. The van der Waals surface area contributed by atoms with E-state index in [1.54, 1.807) is 0 Å². The minimum Gasteiger partial charge on any atom is -0.330 e. The lowest BCUT2D eigenvalue weighted by Gasteiger charge is -2.21. The Morgan fingerprint density at radius 1 is 1.40 bits per heavy atom. The Labute approximate surface area is 97.6 Å². The molecule has 1 aromatic carbocycles. The first kappa shape index (κ1) is 12.5. The van der Waals surface area contributed by atoms with E-state index < -0.39 is 0 Å². The van der Waals surface area contributed by atoms with Gasteiger partial charge in [0.05, 0.1) is 0 Å². The van der Waals surface area contributed by atoms with Crippen LogP contribution in [0.5, 0.6) is 0 Å². The Balaban J connectivity index is 2.66. The van der Waals surface area contributed by atoms with Crippen LogP contribution in [0.1, 0.15) is 25.8 Å². The summed E-state index contributed by atoms with van der Waals surface area (Å²) in [6.07, 6.45) is 2.22. The van der Waals surface area contributed by atoms with Crippen molar-refractivity contribution in [3.05, 3.63) is 34.9 Å². The Morgan fingerprint density at radius 2 is 2.13 bits per heavy atom. The fourth-order valence-electron chi connectivity index (χ4n) is 1.82. The molecule has 0 bridgehead atoms. The van der Waals surface area contributed by atoms with Crippen LogP contribution in [0.25, 0.3) is 0 Å². The van der Waals surface area contributed by atoms with Gasteiger partial charge in [-0.15, -0.1) is 0 Å². The number of hydrogen-bond acceptors (Lipinski definition) is 1. The molecule has 15 heavy (non-hydrogen) atoms. The third-order valence-electron chi connectivity index (χ3n) is 3.14. The average molecular weight is 226 g/mol. The van der Waals surface area contributed by atoms with E-state index in [4.69, 9.17) is 17.3 Å². The maximum absolute atomic E-state index is 5.95. The van der Waals surface area contributed by atoms with Crippen LogP contribution in [-0.2, 0) is 6.42 Å². The standard InChI is InChI=1S/C13H20ClN/c1-3-10(2)12(9-15)7-11-5-4-6-13(14)8-11/h4-6,8,10,12H,3,7,9,15H2,1-2H3. The van der Waals surface area contributed by atoms with Gasteiger partial charge in [0.15, 0.2) is 0 Å². The number of halogens is 1. The highest BCUT2D eigenvalue weighted by Crippen LogP contribution is 2.21. The molecule has 2 unspecified atom stereocenters. The fourth-order valence-corrected chi connectivity index (χ4v) is 2.03. The van der Waals surface area contributed by atoms with E-state index in [-0.39, 0.29) is 0 Å². The fraction of sp³-hybridized carbons (Fsp3) is 0.538. The lowest BCUT2D eigenvalue weighted by Crippen LogP contribution is -2.23. The molecule has 0 heterocycles. The van der Waals surface area contributed by atoms with Crippen LogP contribution in [-0.4, -0.2) is 6.54 Å². The molecule has 0 saturated carbocycles. The maximum atomic E-state index is 5.95. The summed E-state index contributed by atoms with van der Waals surface area (Å²) in [5.41, 5.74) is 7.09. The molecule has 0 amide bonds. The van der Waals surface area contributed by atoms with Gasteiger partial charge in [0.2, 0.25) is 0 Å². The molecule has 1 rings (SSSR count). The van der Waals surface area contributed by atoms with E-state index in [0.29, 0.717) is 11.8 Å². The molecule has 2 N–H and O–H groups in total. The van der Waals surface area contributed by atoms with Crippen molar-refractivity contribution < 1.29 is 0 Å². The minimum atomic E-state index is 0.563. The van der Waals surface area contributed by atoms with Gasteiger partial charge in [0, 0.05) is 5.02 Å². The van der Waals surface area contributed by atoms with Crippen molar-refractivity contribution in [2.45, 2.75) is 26.7 Å². The monoisotopic (exact) mass is 225 g/mol. The predicted molar refractivity (Wildman–Crippen MR) is 67.2 cm³/mol. The molecule has 0 fully saturated rings. The normalized spacial score (nSPS) is 14.9. The third kappa shape index (κ3) is 3.84. The van der Waals surface area contributed by atoms with Gasteiger partial charge in [-0.05, 0) is 42.5 Å². The van der Waals surface area contributed by atoms with Gasteiger partial charge in [-0.3, -0.25) is 0 Å². The molecule has 0 aromatic heterocycles. The predicted octanol–water partition coefficient (Wildman–Crippen LogP) is 3.50. The summed E-state index contributed by atoms with van der Waals surface area (Å²) in [5, 5.41) is 0.812. The summed E-state index contributed by atoms with van der Waals surface area (Å²) in [6.45, 7) is 5.23. The van der Waals surface area contributed by atoms with Crippen molar-refractivity contribution in [3.63, 3.8) is 0 Å². The van der Waals surface area contributed by atoms with Crippen LogP contribution in [0.15, 0.2) is 24.3 Å². The first-order chi connectivity index (χ1) is 7.17. The zero-order valence-electron chi connectivity index (χ0n) is 9.54. The van der Waals surface area contributed by atoms with Crippen molar-refractivity contribution in [3.8, 4) is 0 Å². The lowest BCUT2D eigenvalue weighted by molar-refractivity contribution is 0.354. The number of rotatable bonds is 5. The summed E-state index contributed by atoms with van der Waals surface area (Å²) >= 11 is 5.95. The molecule has 1 aromatic rings. The molecule has 0 aliphatic heterocycles. The quantitative estimate of drug-likeness (QED) is 0.816. The van der Waals surface area contributed by atoms with Gasteiger partial charge in [-0.1, -0.05) is 44.0 Å². The van der Waals surface area contributed by atoms with Crippen LogP contribution >= 0.6 is 11.6 Å². The second-order valence-electron chi connectivity index (χ2n) is 4.22. The summed E-state index contributed by atoms with van der Waals surface area (Å²) in [6, 6.07) is 8.07. The molecule has 0 radical (unpaired) electrons. The van der Waals surface area contributed by atoms with E-state index in [1.807, 2.05) is 18.2 Å². The van der Waals surface area contributed by atoms with Gasteiger partial charge >= 0.3 is 0 Å². The van der Waals surface area contributed by atoms with E-state index in [1.165, 1.54) is 12.0 Å². The number of benzene rings is 1. The minimum absolute atomic E-state index is 0.563. The summed E-state index contributed by atoms with van der Waals surface area (Å²) in [4.78, 5) is 0. The summed E-state index contributed by atoms with van der Waals surface area (Å²) in [7, 11) is 0. The van der Waals surface area contributed by atoms with Crippen LogP contribution in [0, 0.1) is 11.8 Å². The maximum Gasteiger partial charge on any atom is 0.0408 e. The molecular formula is C13H20ClN. The van der Waals surface area contributed by atoms with Crippen LogP contribution < -0.4 is 5.73 Å². The SMILES string of the molecule is CCC(C)C(CN)Cc1cccc(Cl)c1. The van der Waals surface area contributed by atoms with Gasteiger partial charge in [-0.2, -0.15) is 0 Å². The smallest absolute Gasteiger partial charge is 0.0408 e. The Hall–Kier alpha value is -0.530. The zero-order valence-corrected chi connectivity index (χ0v) is 10.3. The Kier molecular flexibility index (Phi) is 5.13. The van der Waals surface area contributed by atoms with E-state index in [0.717, 1.165) is 18.0 Å². The van der Waals surface area contributed by atoms with Gasteiger partial charge in [-0.25, -0.2) is 0 Å². The summed E-state index contributed by atoms with van der Waals surface area (Å²) < 4.78 is 0. The van der Waals surface area contributed by atoms with Crippen LogP contribution in [0.4, 0.5) is 0 Å². The average Bonchev–Trinajstić information content (AvgIpc) is 2.25. The van der Waals surface area contributed by atoms with Crippen LogP contribution in [0.3, 0.4) is 0 Å². The molecule has 1 nitrogen and oxygen atoms in total.